The van der Waals surface area contributed by atoms with Crippen LogP contribution in [0, 0.1) is 0 Å². The molecule has 6 nitrogen and oxygen atoms in total. The van der Waals surface area contributed by atoms with Crippen molar-refractivity contribution in [3.05, 3.63) is 0 Å². The maximum absolute atomic E-state index is 11.4. The molecule has 17 heavy (non-hydrogen) atoms. The van der Waals surface area contributed by atoms with E-state index in [1.807, 2.05) is 0 Å². The van der Waals surface area contributed by atoms with Crippen molar-refractivity contribution in [1.82, 2.24) is 4.72 Å². The van der Waals surface area contributed by atoms with Gasteiger partial charge in [0.1, 0.15) is 0 Å². The Labute approximate surface area is 102 Å². The summed E-state index contributed by atoms with van der Waals surface area (Å²) in [5, 5.41) is 8.98. The van der Waals surface area contributed by atoms with Gasteiger partial charge in [-0.05, 0) is 26.2 Å². The molecular weight excluding hydrogens is 246 g/mol. The van der Waals surface area contributed by atoms with Crippen LogP contribution in [0.1, 0.15) is 32.6 Å². The molecular formula is C10H21NO5S. The van der Waals surface area contributed by atoms with E-state index in [4.69, 9.17) is 5.11 Å². The minimum absolute atomic E-state index is 0.0865. The van der Waals surface area contributed by atoms with Gasteiger partial charge in [-0.3, -0.25) is 4.79 Å². The topological polar surface area (TPSA) is 92.7 Å². The molecule has 1 unspecified atom stereocenters. The molecule has 0 heterocycles. The number of carbonyl (C=O) groups is 1. The summed E-state index contributed by atoms with van der Waals surface area (Å²) in [6.45, 7) is 1.97. The number of carbonyl (C=O) groups excluding carboxylic acids is 1. The highest BCUT2D eigenvalue weighted by Gasteiger charge is 2.11. The minimum Gasteiger partial charge on any atom is -0.469 e. The summed E-state index contributed by atoms with van der Waals surface area (Å²) >= 11 is 0. The highest BCUT2D eigenvalue weighted by molar-refractivity contribution is 7.89. The number of methoxy groups -OCH3 is 1. The number of hydrogen-bond donors (Lipinski definition) is 2. The number of aliphatic hydroxyl groups excluding tert-OH is 1. The smallest absolute Gasteiger partial charge is 0.305 e. The molecule has 2 N–H and O–H groups in total. The van der Waals surface area contributed by atoms with E-state index in [2.05, 4.69) is 9.46 Å². The third kappa shape index (κ3) is 10.2. The van der Waals surface area contributed by atoms with E-state index >= 15 is 0 Å². The summed E-state index contributed by atoms with van der Waals surface area (Å²) in [7, 11) is -2.05. The van der Waals surface area contributed by atoms with Gasteiger partial charge in [0.2, 0.25) is 10.0 Å². The largest absolute Gasteiger partial charge is 0.469 e. The molecule has 0 aromatic heterocycles. The van der Waals surface area contributed by atoms with Gasteiger partial charge in [0.15, 0.2) is 0 Å². The molecule has 0 saturated heterocycles. The van der Waals surface area contributed by atoms with Crippen LogP contribution in [-0.2, 0) is 19.6 Å². The summed E-state index contributed by atoms with van der Waals surface area (Å²) in [4.78, 5) is 10.8. The van der Waals surface area contributed by atoms with Crippen LogP contribution in [0.4, 0.5) is 0 Å². The molecule has 0 spiro atoms. The van der Waals surface area contributed by atoms with Crippen molar-refractivity contribution in [2.24, 2.45) is 0 Å². The van der Waals surface area contributed by atoms with Crippen LogP contribution in [0.25, 0.3) is 0 Å². The van der Waals surface area contributed by atoms with Crippen molar-refractivity contribution in [3.63, 3.8) is 0 Å². The number of nitrogens with one attached hydrogen (secondary N) is 1. The van der Waals surface area contributed by atoms with E-state index in [0.717, 1.165) is 0 Å². The quantitative estimate of drug-likeness (QED) is 0.454. The second-order valence-electron chi connectivity index (χ2n) is 3.88. The molecule has 0 bridgehead atoms. The van der Waals surface area contributed by atoms with E-state index in [-0.39, 0.29) is 18.6 Å². The summed E-state index contributed by atoms with van der Waals surface area (Å²) in [5.74, 6) is -0.495. The highest BCUT2D eigenvalue weighted by atomic mass is 32.2. The molecule has 0 aromatic rings. The van der Waals surface area contributed by atoms with Crippen molar-refractivity contribution < 1.29 is 23.1 Å². The van der Waals surface area contributed by atoms with Crippen LogP contribution in [-0.4, -0.2) is 45.0 Å². The predicted octanol–water partition coefficient (Wildman–Crippen LogP) is 0.0200. The molecule has 7 heteroatoms. The zero-order valence-corrected chi connectivity index (χ0v) is 11.1. The van der Waals surface area contributed by atoms with E-state index < -0.39 is 22.1 Å². The first kappa shape index (κ1) is 16.3. The summed E-state index contributed by atoms with van der Waals surface area (Å²) in [6.07, 6.45) is 1.08. The number of aliphatic hydroxyl groups is 1. The Morgan fingerprint density at radius 3 is 2.59 bits per heavy atom. The van der Waals surface area contributed by atoms with Gasteiger partial charge in [-0.1, -0.05) is 0 Å². The highest BCUT2D eigenvalue weighted by Crippen LogP contribution is 1.98. The van der Waals surface area contributed by atoms with Crippen LogP contribution in [0.3, 0.4) is 0 Å². The molecule has 0 aliphatic rings. The fraction of sp³-hybridized carbons (Fsp3) is 0.900. The van der Waals surface area contributed by atoms with Crippen molar-refractivity contribution in [2.75, 3.05) is 19.4 Å². The monoisotopic (exact) mass is 267 g/mol. The lowest BCUT2D eigenvalue weighted by Gasteiger charge is -2.07. The molecule has 0 fully saturated rings. The number of esters is 1. The van der Waals surface area contributed by atoms with Crippen LogP contribution >= 0.6 is 0 Å². The average Bonchev–Trinajstić information content (AvgIpc) is 2.23. The molecule has 0 saturated carbocycles. The number of hydrogen-bond acceptors (Lipinski definition) is 5. The Balaban J connectivity index is 3.70. The van der Waals surface area contributed by atoms with Crippen molar-refractivity contribution in [2.45, 2.75) is 38.7 Å². The fourth-order valence-electron chi connectivity index (χ4n) is 1.21. The van der Waals surface area contributed by atoms with Gasteiger partial charge in [-0.25, -0.2) is 13.1 Å². The maximum Gasteiger partial charge on any atom is 0.305 e. The SMILES string of the molecule is COC(=O)CCCS(=O)(=O)NCCCC(C)O. The zero-order valence-electron chi connectivity index (χ0n) is 10.3. The Morgan fingerprint density at radius 2 is 2.06 bits per heavy atom. The van der Waals surface area contributed by atoms with Crippen LogP contribution < -0.4 is 4.72 Å². The van der Waals surface area contributed by atoms with Crippen LogP contribution in [0.2, 0.25) is 0 Å². The predicted molar refractivity (Wildman–Crippen MR) is 64.0 cm³/mol. The second kappa shape index (κ2) is 8.43. The first-order chi connectivity index (χ1) is 7.87. The standard InChI is InChI=1S/C10H21NO5S/c1-9(12)5-3-7-11-17(14,15)8-4-6-10(13)16-2/h9,11-12H,3-8H2,1-2H3. The Kier molecular flexibility index (Phi) is 8.11. The maximum atomic E-state index is 11.4. The lowest BCUT2D eigenvalue weighted by molar-refractivity contribution is -0.140. The van der Waals surface area contributed by atoms with Gasteiger partial charge in [-0.2, -0.15) is 0 Å². The average molecular weight is 267 g/mol. The third-order valence-electron chi connectivity index (χ3n) is 2.14. The van der Waals surface area contributed by atoms with Gasteiger partial charge < -0.3 is 9.84 Å². The fourth-order valence-corrected chi connectivity index (χ4v) is 2.33. The zero-order chi connectivity index (χ0) is 13.3. The molecule has 0 aliphatic carbocycles. The number of rotatable bonds is 9. The molecule has 0 aliphatic heterocycles. The van der Waals surface area contributed by atoms with Gasteiger partial charge >= 0.3 is 5.97 Å². The minimum atomic E-state index is -3.32. The first-order valence-electron chi connectivity index (χ1n) is 5.59. The van der Waals surface area contributed by atoms with Gasteiger partial charge in [0.25, 0.3) is 0 Å². The van der Waals surface area contributed by atoms with Crippen molar-refractivity contribution in [3.8, 4) is 0 Å². The molecule has 0 rings (SSSR count). The third-order valence-corrected chi connectivity index (χ3v) is 3.61. The van der Waals surface area contributed by atoms with Crippen molar-refractivity contribution in [1.29, 1.82) is 0 Å². The molecule has 0 amide bonds. The van der Waals surface area contributed by atoms with E-state index in [1.54, 1.807) is 6.92 Å². The van der Waals surface area contributed by atoms with Gasteiger partial charge in [-0.15, -0.1) is 0 Å². The van der Waals surface area contributed by atoms with Gasteiger partial charge in [0, 0.05) is 13.0 Å². The van der Waals surface area contributed by atoms with E-state index in [0.29, 0.717) is 19.4 Å². The van der Waals surface area contributed by atoms with Crippen LogP contribution in [0.15, 0.2) is 0 Å². The molecule has 102 valence electrons. The van der Waals surface area contributed by atoms with Gasteiger partial charge in [0.05, 0.1) is 19.0 Å². The second-order valence-corrected chi connectivity index (χ2v) is 5.81. The number of sulfonamides is 1. The normalized spacial score (nSPS) is 13.4. The lowest BCUT2D eigenvalue weighted by atomic mass is 10.2. The molecule has 0 aromatic carbocycles. The van der Waals surface area contributed by atoms with Crippen LogP contribution in [0.5, 0.6) is 0 Å². The molecule has 1 atom stereocenters. The van der Waals surface area contributed by atoms with E-state index in [9.17, 15) is 13.2 Å². The van der Waals surface area contributed by atoms with Crippen molar-refractivity contribution >= 4 is 16.0 Å². The van der Waals surface area contributed by atoms with E-state index in [1.165, 1.54) is 7.11 Å². The lowest BCUT2D eigenvalue weighted by Crippen LogP contribution is -2.28. The number of ether oxygens (including phenoxy) is 1. The Morgan fingerprint density at radius 1 is 1.41 bits per heavy atom. The summed E-state index contributed by atoms with van der Waals surface area (Å²) in [5.41, 5.74) is 0. The molecule has 0 radical (unpaired) electrons. The summed E-state index contributed by atoms with van der Waals surface area (Å²) < 4.78 is 29.7. The Bertz CT molecular complexity index is 313. The Hall–Kier alpha value is -0.660. The summed E-state index contributed by atoms with van der Waals surface area (Å²) in [6, 6.07) is 0. The first-order valence-corrected chi connectivity index (χ1v) is 7.25.